The lowest BCUT2D eigenvalue weighted by molar-refractivity contribution is -0.150. The molecule has 1 atom stereocenters. The van der Waals surface area contributed by atoms with Crippen LogP contribution in [0.3, 0.4) is 0 Å². The van der Waals surface area contributed by atoms with Gasteiger partial charge in [-0.05, 0) is 24.3 Å². The molecule has 0 aliphatic carbocycles. The Hall–Kier alpha value is -2.25. The van der Waals surface area contributed by atoms with Crippen LogP contribution in [-0.2, 0) is 16.1 Å². The van der Waals surface area contributed by atoms with E-state index in [1.54, 1.807) is 23.1 Å². The van der Waals surface area contributed by atoms with Crippen molar-refractivity contribution in [3.05, 3.63) is 41.9 Å². The Kier molecular flexibility index (Phi) is 4.17. The first-order valence-electron chi connectivity index (χ1n) is 6.89. The summed E-state index contributed by atoms with van der Waals surface area (Å²) in [5.74, 6) is -0.671. The number of aliphatic carboxylic acids is 1. The van der Waals surface area contributed by atoms with Crippen molar-refractivity contribution in [2.24, 2.45) is 0 Å². The van der Waals surface area contributed by atoms with E-state index < -0.39 is 12.0 Å². The van der Waals surface area contributed by atoms with Crippen LogP contribution in [-0.4, -0.2) is 46.9 Å². The van der Waals surface area contributed by atoms with E-state index in [9.17, 15) is 14.3 Å². The molecule has 0 amide bonds. The summed E-state index contributed by atoms with van der Waals surface area (Å²) in [4.78, 5) is 13.0. The van der Waals surface area contributed by atoms with Gasteiger partial charge in [0.05, 0.1) is 19.8 Å². The van der Waals surface area contributed by atoms with Crippen LogP contribution in [0, 0.1) is 5.82 Å². The van der Waals surface area contributed by atoms with E-state index >= 15 is 0 Å². The van der Waals surface area contributed by atoms with E-state index in [0.717, 1.165) is 5.56 Å². The summed E-state index contributed by atoms with van der Waals surface area (Å²) >= 11 is 0. The molecule has 1 N–H and O–H groups in total. The number of hydrogen-bond donors (Lipinski definition) is 1. The first-order valence-corrected chi connectivity index (χ1v) is 6.89. The van der Waals surface area contributed by atoms with Gasteiger partial charge in [-0.2, -0.15) is 0 Å². The quantitative estimate of drug-likeness (QED) is 0.927. The third-order valence-corrected chi connectivity index (χ3v) is 3.58. The number of benzene rings is 1. The van der Waals surface area contributed by atoms with Gasteiger partial charge < -0.3 is 14.4 Å². The molecule has 22 heavy (non-hydrogen) atoms. The molecule has 1 fully saturated rings. The molecule has 0 spiro atoms. The molecule has 0 bridgehead atoms. The summed E-state index contributed by atoms with van der Waals surface area (Å²) in [7, 11) is 0. The maximum atomic E-state index is 12.9. The van der Waals surface area contributed by atoms with Gasteiger partial charge in [0.1, 0.15) is 17.6 Å². The van der Waals surface area contributed by atoms with Crippen LogP contribution in [0.5, 0.6) is 0 Å². The molecular weight excluding hydrogens is 291 g/mol. The minimum Gasteiger partial charge on any atom is -0.480 e. The van der Waals surface area contributed by atoms with Crippen molar-refractivity contribution in [2.45, 2.75) is 12.6 Å². The second-order valence-corrected chi connectivity index (χ2v) is 5.08. The van der Waals surface area contributed by atoms with Crippen LogP contribution in [0.2, 0.25) is 0 Å². The molecule has 1 aliphatic heterocycles. The van der Waals surface area contributed by atoms with Crippen molar-refractivity contribution < 1.29 is 23.6 Å². The van der Waals surface area contributed by atoms with E-state index in [-0.39, 0.29) is 12.4 Å². The first kappa shape index (κ1) is 14.7. The van der Waals surface area contributed by atoms with E-state index in [0.29, 0.717) is 31.2 Å². The number of rotatable bonds is 4. The summed E-state index contributed by atoms with van der Waals surface area (Å²) in [6, 6.07) is 6.99. The molecule has 1 aromatic heterocycles. The zero-order valence-corrected chi connectivity index (χ0v) is 11.7. The van der Waals surface area contributed by atoms with Gasteiger partial charge in [0.25, 0.3) is 0 Å². The van der Waals surface area contributed by atoms with Gasteiger partial charge in [-0.1, -0.05) is 5.16 Å². The monoisotopic (exact) mass is 306 g/mol. The SMILES string of the molecule is O=C(O)C1COCCN1Cc1cc(-c2ccc(F)cc2)no1. The molecule has 0 radical (unpaired) electrons. The highest BCUT2D eigenvalue weighted by molar-refractivity contribution is 5.73. The first-order chi connectivity index (χ1) is 10.6. The number of aromatic nitrogens is 1. The number of carbonyl (C=O) groups is 1. The molecule has 0 saturated carbocycles. The third-order valence-electron chi connectivity index (χ3n) is 3.58. The smallest absolute Gasteiger partial charge is 0.323 e. The van der Waals surface area contributed by atoms with Gasteiger partial charge in [-0.3, -0.25) is 9.69 Å². The van der Waals surface area contributed by atoms with Crippen molar-refractivity contribution in [3.8, 4) is 11.3 Å². The Morgan fingerprint density at radius 3 is 2.91 bits per heavy atom. The minimum absolute atomic E-state index is 0.161. The number of carboxylic acids is 1. The molecule has 6 nitrogen and oxygen atoms in total. The number of ether oxygens (including phenoxy) is 1. The van der Waals surface area contributed by atoms with Crippen molar-refractivity contribution >= 4 is 5.97 Å². The summed E-state index contributed by atoms with van der Waals surface area (Å²) in [5.41, 5.74) is 1.34. The Bertz CT molecular complexity index is 656. The molecule has 7 heteroatoms. The van der Waals surface area contributed by atoms with Gasteiger partial charge in [0.15, 0.2) is 5.76 Å². The van der Waals surface area contributed by atoms with Crippen molar-refractivity contribution in [2.75, 3.05) is 19.8 Å². The Morgan fingerprint density at radius 2 is 2.18 bits per heavy atom. The van der Waals surface area contributed by atoms with Gasteiger partial charge >= 0.3 is 5.97 Å². The highest BCUT2D eigenvalue weighted by atomic mass is 19.1. The molecule has 3 rings (SSSR count). The lowest BCUT2D eigenvalue weighted by Gasteiger charge is -2.31. The molecule has 116 valence electrons. The van der Waals surface area contributed by atoms with Crippen molar-refractivity contribution in [1.29, 1.82) is 0 Å². The number of nitrogens with zero attached hydrogens (tertiary/aromatic N) is 2. The zero-order chi connectivity index (χ0) is 15.5. The fourth-order valence-corrected chi connectivity index (χ4v) is 2.40. The highest BCUT2D eigenvalue weighted by Gasteiger charge is 2.30. The number of halogens is 1. The van der Waals surface area contributed by atoms with Crippen LogP contribution >= 0.6 is 0 Å². The normalized spacial score (nSPS) is 19.2. The van der Waals surface area contributed by atoms with Crippen LogP contribution in [0.4, 0.5) is 4.39 Å². The van der Waals surface area contributed by atoms with Crippen LogP contribution in [0.1, 0.15) is 5.76 Å². The maximum Gasteiger partial charge on any atom is 0.323 e. The predicted octanol–water partition coefficient (Wildman–Crippen LogP) is 1.77. The molecule has 1 aliphatic rings. The summed E-state index contributed by atoms with van der Waals surface area (Å²) in [6.45, 7) is 1.51. The molecular formula is C15H15FN2O4. The average molecular weight is 306 g/mol. The molecule has 1 aromatic carbocycles. The number of carboxylic acid groups (broad SMARTS) is 1. The molecule has 1 unspecified atom stereocenters. The van der Waals surface area contributed by atoms with Crippen molar-refractivity contribution in [3.63, 3.8) is 0 Å². The van der Waals surface area contributed by atoms with Crippen LogP contribution in [0.25, 0.3) is 11.3 Å². The second-order valence-electron chi connectivity index (χ2n) is 5.08. The van der Waals surface area contributed by atoms with Gasteiger partial charge in [-0.25, -0.2) is 4.39 Å². The summed E-state index contributed by atoms with van der Waals surface area (Å²) in [5, 5.41) is 13.1. The predicted molar refractivity (Wildman–Crippen MR) is 74.5 cm³/mol. The van der Waals surface area contributed by atoms with E-state index in [4.69, 9.17) is 9.26 Å². The lowest BCUT2D eigenvalue weighted by atomic mass is 10.1. The van der Waals surface area contributed by atoms with Gasteiger partial charge in [0, 0.05) is 18.2 Å². The van der Waals surface area contributed by atoms with E-state index in [1.165, 1.54) is 12.1 Å². The zero-order valence-electron chi connectivity index (χ0n) is 11.7. The standard InChI is InChI=1S/C15H15FN2O4/c16-11-3-1-10(2-4-11)13-7-12(22-17-13)8-18-5-6-21-9-14(18)15(19)20/h1-4,7,14H,5-6,8-9H2,(H,19,20). The van der Waals surface area contributed by atoms with Gasteiger partial charge in [0.2, 0.25) is 0 Å². The van der Waals surface area contributed by atoms with Crippen molar-refractivity contribution in [1.82, 2.24) is 10.1 Å². The third kappa shape index (κ3) is 3.15. The summed E-state index contributed by atoms with van der Waals surface area (Å²) in [6.07, 6.45) is 0. The Balaban J connectivity index is 1.73. The minimum atomic E-state index is -0.919. The number of morpholine rings is 1. The fourth-order valence-electron chi connectivity index (χ4n) is 2.40. The topological polar surface area (TPSA) is 75.8 Å². The average Bonchev–Trinajstić information content (AvgIpc) is 2.97. The number of hydrogen-bond acceptors (Lipinski definition) is 5. The van der Waals surface area contributed by atoms with Crippen LogP contribution < -0.4 is 0 Å². The summed E-state index contributed by atoms with van der Waals surface area (Å²) < 4.78 is 23.4. The maximum absolute atomic E-state index is 12.9. The Labute approximate surface area is 126 Å². The fraction of sp³-hybridized carbons (Fsp3) is 0.333. The molecule has 2 heterocycles. The largest absolute Gasteiger partial charge is 0.480 e. The van der Waals surface area contributed by atoms with E-state index in [1.807, 2.05) is 0 Å². The Morgan fingerprint density at radius 1 is 1.41 bits per heavy atom. The van der Waals surface area contributed by atoms with E-state index in [2.05, 4.69) is 5.16 Å². The molecule has 1 saturated heterocycles. The van der Waals surface area contributed by atoms with Crippen LogP contribution in [0.15, 0.2) is 34.9 Å². The second kappa shape index (κ2) is 6.25. The lowest BCUT2D eigenvalue weighted by Crippen LogP contribution is -2.49. The highest BCUT2D eigenvalue weighted by Crippen LogP contribution is 2.21. The van der Waals surface area contributed by atoms with Gasteiger partial charge in [-0.15, -0.1) is 0 Å². The molecule has 2 aromatic rings.